The van der Waals surface area contributed by atoms with Crippen LogP contribution in [0.5, 0.6) is 0 Å². The smallest absolute Gasteiger partial charge is 0.206 e. The zero-order chi connectivity index (χ0) is 12.8. The maximum Gasteiger partial charge on any atom is 0.206 e. The summed E-state index contributed by atoms with van der Waals surface area (Å²) in [5.74, 6) is 0. The van der Waals surface area contributed by atoms with Gasteiger partial charge < -0.3 is 0 Å². The first-order chi connectivity index (χ1) is 8.60. The first kappa shape index (κ1) is 11.7. The second-order valence-corrected chi connectivity index (χ2v) is 6.67. The average Bonchev–Trinajstić information content (AvgIpc) is 2.99. The minimum absolute atomic E-state index is 0.0136. The fraction of sp³-hybridized carbons (Fsp3) is 0.273. The largest absolute Gasteiger partial charge is 0.221 e. The number of sulfone groups is 1. The number of nitrogens with one attached hydrogen (secondary N) is 1. The molecule has 1 N–H and O–H groups in total. The second-order valence-electron chi connectivity index (χ2n) is 4.19. The van der Waals surface area contributed by atoms with Crippen molar-refractivity contribution in [3.05, 3.63) is 40.5 Å². The second kappa shape index (κ2) is 4.07. The minimum Gasteiger partial charge on any atom is -0.221 e. The highest BCUT2D eigenvalue weighted by Gasteiger charge is 2.36. The Bertz CT molecular complexity index is 682. The van der Waals surface area contributed by atoms with Crippen molar-refractivity contribution in [2.24, 2.45) is 0 Å². The molecule has 1 aromatic carbocycles. The SMILES string of the molecule is O=S(=O)(c1cn[nH]n1)C1CCc2c(Cl)cccc21. The van der Waals surface area contributed by atoms with Gasteiger partial charge in [0.2, 0.25) is 9.84 Å². The van der Waals surface area contributed by atoms with Gasteiger partial charge in [-0.1, -0.05) is 23.7 Å². The van der Waals surface area contributed by atoms with Gasteiger partial charge in [-0.3, -0.25) is 0 Å². The average molecular weight is 284 g/mol. The number of H-pyrrole nitrogens is 1. The highest BCUT2D eigenvalue weighted by Crippen LogP contribution is 2.41. The van der Waals surface area contributed by atoms with E-state index in [2.05, 4.69) is 15.4 Å². The van der Waals surface area contributed by atoms with Crippen LogP contribution in [0.25, 0.3) is 0 Å². The van der Waals surface area contributed by atoms with Crippen LogP contribution in [0, 0.1) is 0 Å². The summed E-state index contributed by atoms with van der Waals surface area (Å²) in [6.45, 7) is 0. The summed E-state index contributed by atoms with van der Waals surface area (Å²) in [4.78, 5) is 0. The van der Waals surface area contributed by atoms with E-state index in [-0.39, 0.29) is 5.03 Å². The van der Waals surface area contributed by atoms with Crippen molar-refractivity contribution in [3.8, 4) is 0 Å². The molecule has 0 bridgehead atoms. The molecular formula is C11H10ClN3O2S. The monoisotopic (exact) mass is 283 g/mol. The highest BCUT2D eigenvalue weighted by atomic mass is 35.5. The first-order valence-electron chi connectivity index (χ1n) is 5.47. The lowest BCUT2D eigenvalue weighted by molar-refractivity contribution is 0.576. The Hall–Kier alpha value is -1.40. The number of nitrogens with zero attached hydrogens (tertiary/aromatic N) is 2. The van der Waals surface area contributed by atoms with E-state index in [1.807, 2.05) is 6.07 Å². The van der Waals surface area contributed by atoms with Crippen LogP contribution in [0.1, 0.15) is 22.8 Å². The third-order valence-corrected chi connectivity index (χ3v) is 5.59. The molecule has 1 unspecified atom stereocenters. The van der Waals surface area contributed by atoms with Gasteiger partial charge in [-0.15, -0.1) is 5.10 Å². The zero-order valence-corrected chi connectivity index (χ0v) is 10.9. The molecule has 94 valence electrons. The van der Waals surface area contributed by atoms with Gasteiger partial charge in [-0.25, -0.2) is 8.42 Å². The highest BCUT2D eigenvalue weighted by molar-refractivity contribution is 7.91. The quantitative estimate of drug-likeness (QED) is 0.913. The van der Waals surface area contributed by atoms with E-state index in [1.54, 1.807) is 12.1 Å². The Balaban J connectivity index is 2.11. The number of halogens is 1. The van der Waals surface area contributed by atoms with Gasteiger partial charge in [0.15, 0.2) is 5.03 Å². The summed E-state index contributed by atoms with van der Waals surface area (Å²) >= 11 is 6.08. The maximum absolute atomic E-state index is 12.4. The molecule has 0 fully saturated rings. The summed E-state index contributed by atoms with van der Waals surface area (Å²) < 4.78 is 24.8. The van der Waals surface area contributed by atoms with E-state index >= 15 is 0 Å². The molecule has 0 spiro atoms. The van der Waals surface area contributed by atoms with Crippen LogP contribution in [0.3, 0.4) is 0 Å². The Kier molecular flexibility index (Phi) is 2.64. The van der Waals surface area contributed by atoms with E-state index in [0.717, 1.165) is 11.1 Å². The van der Waals surface area contributed by atoms with Gasteiger partial charge in [-0.05, 0) is 30.0 Å². The molecule has 18 heavy (non-hydrogen) atoms. The first-order valence-corrected chi connectivity index (χ1v) is 7.40. The van der Waals surface area contributed by atoms with Gasteiger partial charge in [-0.2, -0.15) is 10.3 Å². The molecule has 7 heteroatoms. The predicted octanol–water partition coefficient (Wildman–Crippen LogP) is 1.92. The van der Waals surface area contributed by atoms with Crippen LogP contribution < -0.4 is 0 Å². The van der Waals surface area contributed by atoms with Crippen LogP contribution in [0.4, 0.5) is 0 Å². The van der Waals surface area contributed by atoms with Crippen molar-refractivity contribution >= 4 is 21.4 Å². The van der Waals surface area contributed by atoms with E-state index in [0.29, 0.717) is 17.9 Å². The molecule has 1 heterocycles. The van der Waals surface area contributed by atoms with Crippen LogP contribution in [0.15, 0.2) is 29.4 Å². The fourth-order valence-corrected chi connectivity index (χ4v) is 4.29. The molecule has 0 radical (unpaired) electrons. The number of hydrogen-bond acceptors (Lipinski definition) is 4. The molecule has 3 rings (SSSR count). The van der Waals surface area contributed by atoms with Crippen molar-refractivity contribution < 1.29 is 8.42 Å². The van der Waals surface area contributed by atoms with Crippen molar-refractivity contribution in [1.29, 1.82) is 0 Å². The van der Waals surface area contributed by atoms with Gasteiger partial charge in [0.05, 0.1) is 11.4 Å². The fourth-order valence-electron chi connectivity index (χ4n) is 2.37. The molecule has 0 saturated carbocycles. The number of hydrogen-bond donors (Lipinski definition) is 1. The minimum atomic E-state index is -3.49. The van der Waals surface area contributed by atoms with Gasteiger partial charge in [0.25, 0.3) is 0 Å². The van der Waals surface area contributed by atoms with Gasteiger partial charge in [0.1, 0.15) is 0 Å². The molecule has 5 nitrogen and oxygen atoms in total. The van der Waals surface area contributed by atoms with Crippen molar-refractivity contribution in [2.75, 3.05) is 0 Å². The molecule has 1 aliphatic rings. The Labute approximate surface area is 109 Å². The van der Waals surface area contributed by atoms with Gasteiger partial charge >= 0.3 is 0 Å². The van der Waals surface area contributed by atoms with Crippen molar-refractivity contribution in [1.82, 2.24) is 15.4 Å². The number of rotatable bonds is 2. The molecule has 1 aromatic heterocycles. The lowest BCUT2D eigenvalue weighted by Gasteiger charge is -2.10. The molecule has 2 aromatic rings. The van der Waals surface area contributed by atoms with Crippen molar-refractivity contribution in [2.45, 2.75) is 23.1 Å². The molecular weight excluding hydrogens is 274 g/mol. The number of fused-ring (bicyclic) bond motifs is 1. The Morgan fingerprint density at radius 3 is 2.94 bits per heavy atom. The number of benzene rings is 1. The van der Waals surface area contributed by atoms with Crippen LogP contribution in [-0.2, 0) is 16.3 Å². The molecule has 0 saturated heterocycles. The topological polar surface area (TPSA) is 75.7 Å². The van der Waals surface area contributed by atoms with E-state index < -0.39 is 15.1 Å². The normalized spacial score (nSPS) is 18.8. The van der Waals surface area contributed by atoms with E-state index in [9.17, 15) is 8.42 Å². The zero-order valence-electron chi connectivity index (χ0n) is 9.30. The van der Waals surface area contributed by atoms with E-state index in [4.69, 9.17) is 11.6 Å². The van der Waals surface area contributed by atoms with Gasteiger partial charge in [0, 0.05) is 5.02 Å². The summed E-state index contributed by atoms with van der Waals surface area (Å²) in [5, 5.41) is 9.60. The van der Waals surface area contributed by atoms with Crippen LogP contribution >= 0.6 is 11.6 Å². The number of aromatic amines is 1. The standard InChI is InChI=1S/C11H10ClN3O2S/c12-9-3-1-2-8-7(9)4-5-10(8)18(16,17)11-6-13-15-14-11/h1-3,6,10H,4-5H2,(H,13,14,15). The Morgan fingerprint density at radius 1 is 1.39 bits per heavy atom. The third-order valence-electron chi connectivity index (χ3n) is 3.22. The molecule has 0 amide bonds. The molecule has 0 aliphatic heterocycles. The molecule has 1 aliphatic carbocycles. The summed E-state index contributed by atoms with van der Waals surface area (Å²) in [6.07, 6.45) is 2.45. The number of aromatic nitrogens is 3. The van der Waals surface area contributed by atoms with Crippen LogP contribution in [0.2, 0.25) is 5.02 Å². The van der Waals surface area contributed by atoms with Crippen LogP contribution in [-0.4, -0.2) is 23.8 Å². The third kappa shape index (κ3) is 1.64. The summed E-state index contributed by atoms with van der Waals surface area (Å²) in [7, 11) is -3.49. The van der Waals surface area contributed by atoms with E-state index in [1.165, 1.54) is 6.20 Å². The predicted molar refractivity (Wildman–Crippen MR) is 66.1 cm³/mol. The summed E-state index contributed by atoms with van der Waals surface area (Å²) in [6, 6.07) is 5.37. The lowest BCUT2D eigenvalue weighted by Crippen LogP contribution is -2.11. The lowest BCUT2D eigenvalue weighted by atomic mass is 10.1. The van der Waals surface area contributed by atoms with Crippen molar-refractivity contribution in [3.63, 3.8) is 0 Å². The molecule has 1 atom stereocenters. The maximum atomic E-state index is 12.4. The summed E-state index contributed by atoms with van der Waals surface area (Å²) in [5.41, 5.74) is 1.71. The Morgan fingerprint density at radius 2 is 2.22 bits per heavy atom.